The maximum absolute atomic E-state index is 2.48. The fraction of sp³-hybridized carbons (Fsp3) is 0.263. The normalized spacial score (nSPS) is 19.8. The quantitative estimate of drug-likeness (QED) is 0.705. The molecule has 1 heterocycles. The molecule has 0 N–H and O–H groups in total. The van der Waals surface area contributed by atoms with E-state index in [0.29, 0.717) is 5.92 Å². The number of benzene rings is 2. The Labute approximate surface area is 120 Å². The molecule has 0 bridgehead atoms. The largest absolute Gasteiger partial charge is 0.340 e. The fourth-order valence-corrected chi connectivity index (χ4v) is 3.53. The highest BCUT2D eigenvalue weighted by atomic mass is 15.2. The Morgan fingerprint density at radius 1 is 1.00 bits per heavy atom. The first-order valence-electron chi connectivity index (χ1n) is 7.42. The number of rotatable bonds is 1. The lowest BCUT2D eigenvalue weighted by molar-refractivity contribution is 0.918. The molecule has 0 saturated carbocycles. The number of hydrogen-bond donors (Lipinski definition) is 0. The molecule has 0 amide bonds. The number of nitrogens with zero attached hydrogens (tertiary/aromatic N) is 1. The Balaban J connectivity index is 1.87. The van der Waals surface area contributed by atoms with Crippen LogP contribution in [0.3, 0.4) is 0 Å². The van der Waals surface area contributed by atoms with Crippen LogP contribution < -0.4 is 4.90 Å². The number of hydrogen-bond acceptors (Lipinski definition) is 1. The molecule has 0 aromatic heterocycles. The summed E-state index contributed by atoms with van der Waals surface area (Å²) < 4.78 is 0. The molecule has 1 atom stereocenters. The topological polar surface area (TPSA) is 3.24 Å². The molecule has 2 aromatic rings. The van der Waals surface area contributed by atoms with Crippen molar-refractivity contribution >= 4 is 17.5 Å². The van der Waals surface area contributed by atoms with Gasteiger partial charge < -0.3 is 4.90 Å². The minimum absolute atomic E-state index is 0.558. The second kappa shape index (κ2) is 4.24. The lowest BCUT2D eigenvalue weighted by atomic mass is 9.98. The monoisotopic (exact) mass is 261 g/mol. The van der Waals surface area contributed by atoms with Gasteiger partial charge in [-0.05, 0) is 36.6 Å². The minimum Gasteiger partial charge on any atom is -0.340 e. The summed E-state index contributed by atoms with van der Waals surface area (Å²) in [4.78, 5) is 2.48. The number of allylic oxidation sites excluding steroid dienone is 1. The smallest absolute Gasteiger partial charge is 0.0487 e. The average Bonchev–Trinajstić information content (AvgIpc) is 3.02. The summed E-state index contributed by atoms with van der Waals surface area (Å²) in [5, 5.41) is 0. The van der Waals surface area contributed by atoms with E-state index < -0.39 is 0 Å². The average molecular weight is 261 g/mol. The molecule has 1 aliphatic heterocycles. The molecule has 20 heavy (non-hydrogen) atoms. The van der Waals surface area contributed by atoms with Crippen LogP contribution in [0, 0.1) is 0 Å². The summed E-state index contributed by atoms with van der Waals surface area (Å²) in [6.07, 6.45) is 3.52. The molecule has 4 rings (SSSR count). The van der Waals surface area contributed by atoms with E-state index in [-0.39, 0.29) is 0 Å². The van der Waals surface area contributed by atoms with Crippen molar-refractivity contribution in [1.29, 1.82) is 0 Å². The molecular weight excluding hydrogens is 242 g/mol. The Hall–Kier alpha value is -2.02. The Kier molecular flexibility index (Phi) is 2.50. The van der Waals surface area contributed by atoms with Gasteiger partial charge in [0.1, 0.15) is 0 Å². The van der Waals surface area contributed by atoms with E-state index in [0.717, 1.165) is 13.0 Å². The summed E-state index contributed by atoms with van der Waals surface area (Å²) in [5.74, 6) is 0.558. The Bertz CT molecular complexity index is 711. The molecule has 1 aliphatic carbocycles. The summed E-state index contributed by atoms with van der Waals surface area (Å²) in [7, 11) is 0. The second-order valence-corrected chi connectivity index (χ2v) is 5.92. The highest BCUT2D eigenvalue weighted by Gasteiger charge is 2.26. The SMILES string of the molecule is CC1=Cc2c(cccc2N2CCc3ccccc32)C1C. The van der Waals surface area contributed by atoms with Crippen molar-refractivity contribution in [3.05, 3.63) is 64.7 Å². The van der Waals surface area contributed by atoms with Crippen molar-refractivity contribution in [3.63, 3.8) is 0 Å². The third-order valence-corrected chi connectivity index (χ3v) is 4.82. The molecule has 1 heteroatoms. The van der Waals surface area contributed by atoms with Crippen molar-refractivity contribution < 1.29 is 0 Å². The molecule has 0 spiro atoms. The first-order chi connectivity index (χ1) is 9.75. The van der Waals surface area contributed by atoms with Gasteiger partial charge in [-0.3, -0.25) is 0 Å². The van der Waals surface area contributed by atoms with Gasteiger partial charge in [0.05, 0.1) is 0 Å². The zero-order chi connectivity index (χ0) is 13.7. The van der Waals surface area contributed by atoms with Gasteiger partial charge in [0, 0.05) is 29.4 Å². The third-order valence-electron chi connectivity index (χ3n) is 4.82. The molecule has 0 fully saturated rings. The Morgan fingerprint density at radius 2 is 1.80 bits per heavy atom. The van der Waals surface area contributed by atoms with E-state index in [1.165, 1.54) is 33.6 Å². The van der Waals surface area contributed by atoms with Gasteiger partial charge in [-0.15, -0.1) is 0 Å². The third kappa shape index (κ3) is 1.56. The van der Waals surface area contributed by atoms with Crippen LogP contribution in [0.15, 0.2) is 48.0 Å². The summed E-state index contributed by atoms with van der Waals surface area (Å²) >= 11 is 0. The van der Waals surface area contributed by atoms with Crippen molar-refractivity contribution in [3.8, 4) is 0 Å². The fourth-order valence-electron chi connectivity index (χ4n) is 3.53. The standard InChI is InChI=1S/C19H19N/c1-13-12-17-16(14(13)2)7-5-9-19(17)20-11-10-15-6-3-4-8-18(15)20/h3-9,12,14H,10-11H2,1-2H3. The Morgan fingerprint density at radius 3 is 2.70 bits per heavy atom. The van der Waals surface area contributed by atoms with Crippen LogP contribution in [-0.2, 0) is 6.42 Å². The van der Waals surface area contributed by atoms with E-state index in [1.807, 2.05) is 0 Å². The molecule has 2 aromatic carbocycles. The summed E-state index contributed by atoms with van der Waals surface area (Å²) in [6, 6.07) is 15.5. The van der Waals surface area contributed by atoms with E-state index in [9.17, 15) is 0 Å². The van der Waals surface area contributed by atoms with Crippen molar-refractivity contribution in [2.45, 2.75) is 26.2 Å². The summed E-state index contributed by atoms with van der Waals surface area (Å²) in [5.41, 5.74) is 8.60. The van der Waals surface area contributed by atoms with Crippen molar-refractivity contribution in [1.82, 2.24) is 0 Å². The molecule has 0 radical (unpaired) electrons. The van der Waals surface area contributed by atoms with Crippen LogP contribution in [0.25, 0.3) is 6.08 Å². The zero-order valence-electron chi connectivity index (χ0n) is 12.1. The molecular formula is C19H19N. The van der Waals surface area contributed by atoms with Gasteiger partial charge in [0.2, 0.25) is 0 Å². The number of fused-ring (bicyclic) bond motifs is 2. The van der Waals surface area contributed by atoms with Gasteiger partial charge in [-0.2, -0.15) is 0 Å². The van der Waals surface area contributed by atoms with Gasteiger partial charge in [0.15, 0.2) is 0 Å². The first kappa shape index (κ1) is 11.8. The first-order valence-corrected chi connectivity index (χ1v) is 7.42. The van der Waals surface area contributed by atoms with Crippen LogP contribution in [0.2, 0.25) is 0 Å². The van der Waals surface area contributed by atoms with Crippen LogP contribution >= 0.6 is 0 Å². The lowest BCUT2D eigenvalue weighted by Gasteiger charge is -2.22. The van der Waals surface area contributed by atoms with E-state index in [2.05, 4.69) is 67.3 Å². The predicted octanol–water partition coefficient (Wildman–Crippen LogP) is 4.90. The van der Waals surface area contributed by atoms with E-state index >= 15 is 0 Å². The second-order valence-electron chi connectivity index (χ2n) is 5.92. The van der Waals surface area contributed by atoms with Crippen molar-refractivity contribution in [2.75, 3.05) is 11.4 Å². The highest BCUT2D eigenvalue weighted by Crippen LogP contribution is 2.44. The summed E-state index contributed by atoms with van der Waals surface area (Å²) in [6.45, 7) is 5.64. The van der Waals surface area contributed by atoms with Gasteiger partial charge in [-0.25, -0.2) is 0 Å². The molecule has 0 saturated heterocycles. The number of para-hydroxylation sites is 1. The van der Waals surface area contributed by atoms with Crippen LogP contribution in [-0.4, -0.2) is 6.54 Å². The van der Waals surface area contributed by atoms with Crippen LogP contribution in [0.5, 0.6) is 0 Å². The van der Waals surface area contributed by atoms with Crippen molar-refractivity contribution in [2.24, 2.45) is 0 Å². The maximum Gasteiger partial charge on any atom is 0.0487 e. The van der Waals surface area contributed by atoms with Gasteiger partial charge in [0.25, 0.3) is 0 Å². The molecule has 2 aliphatic rings. The molecule has 100 valence electrons. The minimum atomic E-state index is 0.558. The van der Waals surface area contributed by atoms with Crippen LogP contribution in [0.4, 0.5) is 11.4 Å². The van der Waals surface area contributed by atoms with Gasteiger partial charge >= 0.3 is 0 Å². The molecule has 1 nitrogen and oxygen atoms in total. The zero-order valence-corrected chi connectivity index (χ0v) is 12.1. The van der Waals surface area contributed by atoms with E-state index in [4.69, 9.17) is 0 Å². The van der Waals surface area contributed by atoms with Crippen LogP contribution in [0.1, 0.15) is 36.5 Å². The van der Waals surface area contributed by atoms with Gasteiger partial charge in [-0.1, -0.05) is 48.9 Å². The maximum atomic E-state index is 2.48. The highest BCUT2D eigenvalue weighted by molar-refractivity contribution is 5.82. The lowest BCUT2D eigenvalue weighted by Crippen LogP contribution is -2.14. The predicted molar refractivity (Wildman–Crippen MR) is 85.7 cm³/mol. The molecule has 1 unspecified atom stereocenters. The number of anilines is 2. The van der Waals surface area contributed by atoms with E-state index in [1.54, 1.807) is 0 Å².